The predicted molar refractivity (Wildman–Crippen MR) is 71.0 cm³/mol. The first-order valence-corrected chi connectivity index (χ1v) is 6.40. The van der Waals surface area contributed by atoms with E-state index in [1.807, 2.05) is 27.7 Å². The fraction of sp³-hybridized carbons (Fsp3) is 0.615. The van der Waals surface area contributed by atoms with Gasteiger partial charge in [-0.3, -0.25) is 9.48 Å². The van der Waals surface area contributed by atoms with Gasteiger partial charge in [-0.15, -0.1) is 0 Å². The van der Waals surface area contributed by atoms with Gasteiger partial charge in [-0.2, -0.15) is 5.10 Å². The van der Waals surface area contributed by atoms with Crippen LogP contribution in [0.4, 0.5) is 0 Å². The first-order valence-electron chi connectivity index (χ1n) is 6.40. The van der Waals surface area contributed by atoms with Gasteiger partial charge in [-0.1, -0.05) is 13.8 Å². The molecule has 0 spiro atoms. The average molecular weight is 267 g/mol. The third kappa shape index (κ3) is 4.39. The number of amides is 1. The summed E-state index contributed by atoms with van der Waals surface area (Å²) in [5, 5.41) is 15.7. The van der Waals surface area contributed by atoms with Gasteiger partial charge >= 0.3 is 5.97 Å². The second kappa shape index (κ2) is 6.36. The molecule has 6 nitrogen and oxygen atoms in total. The highest BCUT2D eigenvalue weighted by Crippen LogP contribution is 2.07. The number of nitrogens with one attached hydrogen (secondary N) is 1. The third-order valence-electron chi connectivity index (χ3n) is 2.68. The SMILES string of the molecule is CC(C)CC(NC(=O)c1ccn(C(C)C)n1)C(=O)O. The van der Waals surface area contributed by atoms with Crippen LogP contribution in [-0.2, 0) is 4.79 Å². The summed E-state index contributed by atoms with van der Waals surface area (Å²) in [4.78, 5) is 23.0. The quantitative estimate of drug-likeness (QED) is 0.821. The van der Waals surface area contributed by atoms with Gasteiger partial charge in [0, 0.05) is 12.2 Å². The standard InChI is InChI=1S/C13H21N3O3/c1-8(2)7-11(13(18)19)14-12(17)10-5-6-16(15-10)9(3)4/h5-6,8-9,11H,7H2,1-4H3,(H,14,17)(H,18,19). The molecule has 19 heavy (non-hydrogen) atoms. The monoisotopic (exact) mass is 267 g/mol. The van der Waals surface area contributed by atoms with E-state index in [2.05, 4.69) is 10.4 Å². The van der Waals surface area contributed by atoms with Gasteiger partial charge in [0.1, 0.15) is 11.7 Å². The number of aliphatic carboxylic acids is 1. The Kier molecular flexibility index (Phi) is 5.09. The molecule has 0 saturated carbocycles. The fourth-order valence-electron chi connectivity index (χ4n) is 1.67. The van der Waals surface area contributed by atoms with Crippen LogP contribution in [0.15, 0.2) is 12.3 Å². The van der Waals surface area contributed by atoms with E-state index in [-0.39, 0.29) is 17.7 Å². The molecule has 1 heterocycles. The van der Waals surface area contributed by atoms with E-state index in [9.17, 15) is 9.59 Å². The molecule has 106 valence electrons. The lowest BCUT2D eigenvalue weighted by atomic mass is 10.0. The smallest absolute Gasteiger partial charge is 0.326 e. The Bertz CT molecular complexity index is 452. The minimum atomic E-state index is -1.02. The molecule has 1 amide bonds. The maximum absolute atomic E-state index is 11.9. The third-order valence-corrected chi connectivity index (χ3v) is 2.68. The Balaban J connectivity index is 2.73. The van der Waals surface area contributed by atoms with Crippen molar-refractivity contribution in [3.8, 4) is 0 Å². The first-order chi connectivity index (χ1) is 8.81. The van der Waals surface area contributed by atoms with Crippen molar-refractivity contribution in [2.75, 3.05) is 0 Å². The van der Waals surface area contributed by atoms with Crippen LogP contribution in [0.2, 0.25) is 0 Å². The second-order valence-corrected chi connectivity index (χ2v) is 5.27. The number of carbonyl (C=O) groups excluding carboxylic acids is 1. The number of carboxylic acid groups (broad SMARTS) is 1. The first kappa shape index (κ1) is 15.2. The summed E-state index contributed by atoms with van der Waals surface area (Å²) >= 11 is 0. The van der Waals surface area contributed by atoms with Gasteiger partial charge < -0.3 is 10.4 Å². The summed E-state index contributed by atoms with van der Waals surface area (Å²) in [5.74, 6) is -1.28. The zero-order valence-corrected chi connectivity index (χ0v) is 11.8. The molecule has 0 aromatic carbocycles. The van der Waals surface area contributed by atoms with Gasteiger partial charge in [-0.25, -0.2) is 4.79 Å². The van der Waals surface area contributed by atoms with E-state index in [0.717, 1.165) is 0 Å². The molecule has 0 radical (unpaired) electrons. The number of carbonyl (C=O) groups is 2. The highest BCUT2D eigenvalue weighted by Gasteiger charge is 2.22. The van der Waals surface area contributed by atoms with Crippen molar-refractivity contribution in [1.29, 1.82) is 0 Å². The Hall–Kier alpha value is -1.85. The van der Waals surface area contributed by atoms with Crippen molar-refractivity contribution in [3.05, 3.63) is 18.0 Å². The lowest BCUT2D eigenvalue weighted by Crippen LogP contribution is -2.41. The zero-order valence-electron chi connectivity index (χ0n) is 11.8. The van der Waals surface area contributed by atoms with E-state index in [1.165, 1.54) is 0 Å². The van der Waals surface area contributed by atoms with Crippen LogP contribution in [0.5, 0.6) is 0 Å². The average Bonchev–Trinajstić information content (AvgIpc) is 2.76. The lowest BCUT2D eigenvalue weighted by Gasteiger charge is -2.15. The van der Waals surface area contributed by atoms with Crippen molar-refractivity contribution in [1.82, 2.24) is 15.1 Å². The van der Waals surface area contributed by atoms with Crippen molar-refractivity contribution in [2.45, 2.75) is 46.2 Å². The predicted octanol–water partition coefficient (Wildman–Crippen LogP) is 1.69. The molecule has 2 N–H and O–H groups in total. The van der Waals surface area contributed by atoms with E-state index in [1.54, 1.807) is 16.9 Å². The van der Waals surface area contributed by atoms with Gasteiger partial charge in [0.15, 0.2) is 0 Å². The molecule has 0 fully saturated rings. The summed E-state index contributed by atoms with van der Waals surface area (Å²) in [6, 6.07) is 0.869. The largest absolute Gasteiger partial charge is 0.480 e. The summed E-state index contributed by atoms with van der Waals surface area (Å²) in [7, 11) is 0. The molecule has 1 aromatic heterocycles. The van der Waals surface area contributed by atoms with E-state index in [4.69, 9.17) is 5.11 Å². The second-order valence-electron chi connectivity index (χ2n) is 5.27. The minimum absolute atomic E-state index is 0.160. The Morgan fingerprint density at radius 3 is 2.42 bits per heavy atom. The molecule has 6 heteroatoms. The number of nitrogens with zero attached hydrogens (tertiary/aromatic N) is 2. The van der Waals surface area contributed by atoms with Crippen LogP contribution in [0.1, 0.15) is 50.6 Å². The normalized spacial score (nSPS) is 12.7. The van der Waals surface area contributed by atoms with Crippen molar-refractivity contribution >= 4 is 11.9 Å². The number of hydrogen-bond donors (Lipinski definition) is 2. The van der Waals surface area contributed by atoms with Crippen molar-refractivity contribution in [3.63, 3.8) is 0 Å². The molecular weight excluding hydrogens is 246 g/mol. The molecule has 0 aliphatic heterocycles. The van der Waals surface area contributed by atoms with Gasteiger partial charge in [0.05, 0.1) is 0 Å². The summed E-state index contributed by atoms with van der Waals surface area (Å²) in [6.45, 7) is 7.73. The van der Waals surface area contributed by atoms with Crippen LogP contribution in [0.3, 0.4) is 0 Å². The molecule has 0 saturated heterocycles. The molecule has 0 aliphatic rings. The Labute approximate surface area is 112 Å². The highest BCUT2D eigenvalue weighted by molar-refractivity contribution is 5.94. The van der Waals surface area contributed by atoms with E-state index in [0.29, 0.717) is 6.42 Å². The van der Waals surface area contributed by atoms with Crippen molar-refractivity contribution < 1.29 is 14.7 Å². The molecule has 0 bridgehead atoms. The van der Waals surface area contributed by atoms with Gasteiger partial charge in [0.25, 0.3) is 5.91 Å². The van der Waals surface area contributed by atoms with Crippen LogP contribution in [0.25, 0.3) is 0 Å². The topological polar surface area (TPSA) is 84.2 Å². The van der Waals surface area contributed by atoms with Crippen molar-refractivity contribution in [2.24, 2.45) is 5.92 Å². The minimum Gasteiger partial charge on any atom is -0.480 e. The number of rotatable bonds is 6. The zero-order chi connectivity index (χ0) is 14.6. The van der Waals surface area contributed by atoms with Crippen LogP contribution in [0, 0.1) is 5.92 Å². The number of carboxylic acids is 1. The van der Waals surface area contributed by atoms with Gasteiger partial charge in [0.2, 0.25) is 0 Å². The fourth-order valence-corrected chi connectivity index (χ4v) is 1.67. The molecule has 1 atom stereocenters. The molecule has 1 aromatic rings. The summed E-state index contributed by atoms with van der Waals surface area (Å²) in [5.41, 5.74) is 0.240. The van der Waals surface area contributed by atoms with Crippen LogP contribution >= 0.6 is 0 Å². The molecule has 1 rings (SSSR count). The lowest BCUT2D eigenvalue weighted by molar-refractivity contribution is -0.139. The molecule has 0 aliphatic carbocycles. The van der Waals surface area contributed by atoms with Gasteiger partial charge in [-0.05, 0) is 32.3 Å². The van der Waals surface area contributed by atoms with Crippen LogP contribution < -0.4 is 5.32 Å². The summed E-state index contributed by atoms with van der Waals surface area (Å²) < 4.78 is 1.66. The molecular formula is C13H21N3O3. The maximum atomic E-state index is 11.9. The number of hydrogen-bond acceptors (Lipinski definition) is 3. The maximum Gasteiger partial charge on any atom is 0.326 e. The number of aromatic nitrogens is 2. The highest BCUT2D eigenvalue weighted by atomic mass is 16.4. The molecule has 1 unspecified atom stereocenters. The Morgan fingerprint density at radius 2 is 2.00 bits per heavy atom. The van der Waals surface area contributed by atoms with Crippen LogP contribution in [-0.4, -0.2) is 32.8 Å². The Morgan fingerprint density at radius 1 is 1.37 bits per heavy atom. The van der Waals surface area contributed by atoms with E-state index < -0.39 is 17.9 Å². The summed E-state index contributed by atoms with van der Waals surface area (Å²) in [6.07, 6.45) is 2.10. The van der Waals surface area contributed by atoms with E-state index >= 15 is 0 Å².